The van der Waals surface area contributed by atoms with Gasteiger partial charge in [0.1, 0.15) is 16.9 Å². The van der Waals surface area contributed by atoms with Crippen LogP contribution in [0.15, 0.2) is 23.3 Å². The summed E-state index contributed by atoms with van der Waals surface area (Å²) in [6.07, 6.45) is 1.91. The second-order valence-corrected chi connectivity index (χ2v) is 7.45. The molecule has 1 atom stereocenters. The standard InChI is InChI=1S/C18H19N5S/c1-9-6-7-14(8-19-9)16-15-10(2)12(4)24-18(15)23-13(5)21-22-17(23)11(3)20-16/h6-8,11H,1-5H3/t11-/m1/s1. The second-order valence-electron chi connectivity index (χ2n) is 6.25. The quantitative estimate of drug-likeness (QED) is 0.677. The summed E-state index contributed by atoms with van der Waals surface area (Å²) in [5.41, 5.74) is 5.49. The Bertz CT molecular complexity index is 962. The van der Waals surface area contributed by atoms with Crippen molar-refractivity contribution < 1.29 is 0 Å². The lowest BCUT2D eigenvalue weighted by atomic mass is 10.0. The molecule has 0 bridgehead atoms. The predicted molar refractivity (Wildman–Crippen MR) is 96.5 cm³/mol. The minimum Gasteiger partial charge on any atom is -0.273 e. The largest absolute Gasteiger partial charge is 0.273 e. The first-order chi connectivity index (χ1) is 11.5. The van der Waals surface area contributed by atoms with E-state index in [1.165, 1.54) is 16.0 Å². The number of thiophene rings is 1. The maximum Gasteiger partial charge on any atom is 0.162 e. The molecule has 0 aromatic carbocycles. The van der Waals surface area contributed by atoms with E-state index in [2.05, 4.69) is 46.6 Å². The average molecular weight is 337 g/mol. The third kappa shape index (κ3) is 2.13. The first kappa shape index (κ1) is 15.2. The van der Waals surface area contributed by atoms with Crippen LogP contribution in [-0.4, -0.2) is 25.5 Å². The first-order valence-corrected chi connectivity index (χ1v) is 8.82. The Morgan fingerprint density at radius 1 is 1.08 bits per heavy atom. The zero-order valence-electron chi connectivity index (χ0n) is 14.5. The van der Waals surface area contributed by atoms with Gasteiger partial charge in [-0.2, -0.15) is 0 Å². The molecule has 3 aromatic rings. The summed E-state index contributed by atoms with van der Waals surface area (Å²) in [4.78, 5) is 10.8. The molecule has 0 aliphatic carbocycles. The van der Waals surface area contributed by atoms with Gasteiger partial charge in [-0.1, -0.05) is 0 Å². The van der Waals surface area contributed by atoms with Crippen molar-refractivity contribution >= 4 is 17.0 Å². The molecule has 0 amide bonds. The summed E-state index contributed by atoms with van der Waals surface area (Å²) >= 11 is 1.78. The minimum atomic E-state index is -0.0539. The summed E-state index contributed by atoms with van der Waals surface area (Å²) in [5.74, 6) is 1.79. The third-order valence-electron chi connectivity index (χ3n) is 4.54. The summed E-state index contributed by atoms with van der Waals surface area (Å²) < 4.78 is 2.16. The molecule has 4 heterocycles. The number of aryl methyl sites for hydroxylation is 3. The zero-order valence-corrected chi connectivity index (χ0v) is 15.3. The molecule has 5 nitrogen and oxygen atoms in total. The molecule has 122 valence electrons. The Morgan fingerprint density at radius 2 is 1.88 bits per heavy atom. The molecule has 3 aromatic heterocycles. The van der Waals surface area contributed by atoms with Gasteiger partial charge in [0.2, 0.25) is 0 Å². The van der Waals surface area contributed by atoms with Crippen LogP contribution in [0, 0.1) is 27.7 Å². The number of fused-ring (bicyclic) bond motifs is 3. The van der Waals surface area contributed by atoms with Crippen LogP contribution >= 0.6 is 11.3 Å². The normalized spacial score (nSPS) is 16.4. The fraction of sp³-hybridized carbons (Fsp3) is 0.333. The monoisotopic (exact) mass is 337 g/mol. The van der Waals surface area contributed by atoms with Crippen molar-refractivity contribution in [1.82, 2.24) is 19.7 Å². The van der Waals surface area contributed by atoms with Gasteiger partial charge in [-0.05, 0) is 52.3 Å². The molecule has 4 rings (SSSR count). The highest BCUT2D eigenvalue weighted by atomic mass is 32.1. The molecular weight excluding hydrogens is 318 g/mol. The highest BCUT2D eigenvalue weighted by molar-refractivity contribution is 7.15. The fourth-order valence-corrected chi connectivity index (χ4v) is 4.30. The maximum absolute atomic E-state index is 5.01. The van der Waals surface area contributed by atoms with E-state index in [9.17, 15) is 0 Å². The van der Waals surface area contributed by atoms with Gasteiger partial charge in [0.05, 0.1) is 5.71 Å². The van der Waals surface area contributed by atoms with E-state index in [4.69, 9.17) is 4.99 Å². The van der Waals surface area contributed by atoms with Crippen LogP contribution in [0.2, 0.25) is 0 Å². The number of hydrogen-bond donors (Lipinski definition) is 0. The van der Waals surface area contributed by atoms with Gasteiger partial charge < -0.3 is 0 Å². The van der Waals surface area contributed by atoms with Gasteiger partial charge >= 0.3 is 0 Å². The smallest absolute Gasteiger partial charge is 0.162 e. The molecule has 0 saturated carbocycles. The van der Waals surface area contributed by atoms with Crippen molar-refractivity contribution in [3.8, 4) is 5.00 Å². The highest BCUT2D eigenvalue weighted by Crippen LogP contribution is 2.38. The van der Waals surface area contributed by atoms with E-state index in [-0.39, 0.29) is 6.04 Å². The Balaban J connectivity index is 2.04. The molecule has 1 aliphatic rings. The van der Waals surface area contributed by atoms with Crippen molar-refractivity contribution in [2.45, 2.75) is 40.7 Å². The molecule has 0 saturated heterocycles. The van der Waals surface area contributed by atoms with Crippen LogP contribution in [0.25, 0.3) is 5.00 Å². The van der Waals surface area contributed by atoms with Crippen LogP contribution in [-0.2, 0) is 0 Å². The number of aromatic nitrogens is 4. The lowest BCUT2D eigenvalue weighted by Gasteiger charge is -2.09. The van der Waals surface area contributed by atoms with E-state index in [1.54, 1.807) is 11.3 Å². The van der Waals surface area contributed by atoms with Crippen molar-refractivity contribution in [3.63, 3.8) is 0 Å². The summed E-state index contributed by atoms with van der Waals surface area (Å²) in [6.45, 7) is 10.4. The summed E-state index contributed by atoms with van der Waals surface area (Å²) in [7, 11) is 0. The van der Waals surface area contributed by atoms with Gasteiger partial charge in [-0.25, -0.2) is 0 Å². The number of aliphatic imine (C=N–C) groups is 1. The average Bonchev–Trinajstić information content (AvgIpc) is 3.03. The molecule has 0 spiro atoms. The Morgan fingerprint density at radius 3 is 2.58 bits per heavy atom. The minimum absolute atomic E-state index is 0.0539. The topological polar surface area (TPSA) is 56.0 Å². The SMILES string of the molecule is Cc1ccc(C2=N[C@H](C)c3nnc(C)n3-c3sc(C)c(C)c32)cn1. The van der Waals surface area contributed by atoms with Crippen LogP contribution in [0.5, 0.6) is 0 Å². The van der Waals surface area contributed by atoms with Gasteiger partial charge in [0.25, 0.3) is 0 Å². The molecule has 1 aliphatic heterocycles. The number of hydrogen-bond acceptors (Lipinski definition) is 5. The number of rotatable bonds is 1. The maximum atomic E-state index is 5.01. The molecule has 0 fully saturated rings. The first-order valence-electron chi connectivity index (χ1n) is 8.01. The predicted octanol–water partition coefficient (Wildman–Crippen LogP) is 3.87. The van der Waals surface area contributed by atoms with Gasteiger partial charge in [0.15, 0.2) is 5.82 Å². The summed E-state index contributed by atoms with van der Waals surface area (Å²) in [6, 6.07) is 4.08. The molecular formula is C18H19N5S. The Labute approximate surface area is 145 Å². The third-order valence-corrected chi connectivity index (χ3v) is 5.73. The van der Waals surface area contributed by atoms with Crippen LogP contribution in [0.1, 0.15) is 51.9 Å². The van der Waals surface area contributed by atoms with Gasteiger partial charge in [-0.15, -0.1) is 21.5 Å². The van der Waals surface area contributed by atoms with E-state index < -0.39 is 0 Å². The molecule has 0 N–H and O–H groups in total. The van der Waals surface area contributed by atoms with Crippen molar-refractivity contribution in [2.75, 3.05) is 0 Å². The molecule has 6 heteroatoms. The van der Waals surface area contributed by atoms with E-state index in [1.807, 2.05) is 26.1 Å². The Kier molecular flexibility index (Phi) is 3.38. The Hall–Kier alpha value is -2.34. The highest BCUT2D eigenvalue weighted by Gasteiger charge is 2.29. The lowest BCUT2D eigenvalue weighted by Crippen LogP contribution is -2.07. The second kappa shape index (κ2) is 5.34. The van der Waals surface area contributed by atoms with Crippen LogP contribution < -0.4 is 0 Å². The van der Waals surface area contributed by atoms with Crippen LogP contribution in [0.4, 0.5) is 0 Å². The van der Waals surface area contributed by atoms with Crippen LogP contribution in [0.3, 0.4) is 0 Å². The van der Waals surface area contributed by atoms with E-state index in [0.717, 1.165) is 33.6 Å². The van der Waals surface area contributed by atoms with Crippen molar-refractivity contribution in [1.29, 1.82) is 0 Å². The van der Waals surface area contributed by atoms with Gasteiger partial charge in [0, 0.05) is 27.9 Å². The van der Waals surface area contributed by atoms with Crippen molar-refractivity contribution in [2.24, 2.45) is 4.99 Å². The van der Waals surface area contributed by atoms with Gasteiger partial charge in [-0.3, -0.25) is 14.5 Å². The lowest BCUT2D eigenvalue weighted by molar-refractivity contribution is 0.724. The van der Waals surface area contributed by atoms with E-state index >= 15 is 0 Å². The molecule has 0 radical (unpaired) electrons. The summed E-state index contributed by atoms with van der Waals surface area (Å²) in [5, 5.41) is 9.81. The van der Waals surface area contributed by atoms with E-state index in [0.29, 0.717) is 0 Å². The number of nitrogens with zero attached hydrogens (tertiary/aromatic N) is 5. The van der Waals surface area contributed by atoms with Crippen molar-refractivity contribution in [3.05, 3.63) is 57.2 Å². The number of pyridine rings is 1. The zero-order chi connectivity index (χ0) is 17.0. The fourth-order valence-electron chi connectivity index (χ4n) is 3.09. The molecule has 0 unspecified atom stereocenters. The molecule has 24 heavy (non-hydrogen) atoms.